The van der Waals surface area contributed by atoms with E-state index in [4.69, 9.17) is 10.5 Å². The van der Waals surface area contributed by atoms with E-state index >= 15 is 0 Å². The van der Waals surface area contributed by atoms with Crippen molar-refractivity contribution in [3.63, 3.8) is 0 Å². The summed E-state index contributed by atoms with van der Waals surface area (Å²) in [5, 5.41) is 0. The van der Waals surface area contributed by atoms with Crippen LogP contribution in [0.1, 0.15) is 13.8 Å². The van der Waals surface area contributed by atoms with Crippen molar-refractivity contribution in [2.24, 2.45) is 0 Å². The topological polar surface area (TPSA) is 55.6 Å². The molecule has 0 bridgehead atoms. The number of nitrogens with two attached hydrogens (primary N) is 1. The third-order valence-corrected chi connectivity index (χ3v) is 4.30. The number of anilines is 1. The molecule has 1 aromatic carbocycles. The minimum atomic E-state index is -1.05. The molecule has 5 heteroatoms. The number of benzene rings is 1. The Morgan fingerprint density at radius 3 is 2.56 bits per heavy atom. The Morgan fingerprint density at radius 1 is 1.33 bits per heavy atom. The van der Waals surface area contributed by atoms with Gasteiger partial charge in [-0.3, -0.25) is 4.21 Å². The Labute approximate surface area is 112 Å². The lowest BCUT2D eigenvalue weighted by atomic mass is 10.3. The minimum absolute atomic E-state index is 0.605. The van der Waals surface area contributed by atoms with Crippen LogP contribution < -0.4 is 10.5 Å². The summed E-state index contributed by atoms with van der Waals surface area (Å²) in [6.07, 6.45) is 0. The van der Waals surface area contributed by atoms with Crippen molar-refractivity contribution < 1.29 is 8.95 Å². The zero-order valence-electron chi connectivity index (χ0n) is 11.3. The summed E-state index contributed by atoms with van der Waals surface area (Å²) in [5.41, 5.74) is 6.30. The fraction of sp³-hybridized carbons (Fsp3) is 0.538. The molecule has 0 aliphatic rings. The summed E-state index contributed by atoms with van der Waals surface area (Å²) < 4.78 is 17.5. The molecule has 1 atom stereocenters. The lowest BCUT2D eigenvalue weighted by Crippen LogP contribution is -2.27. The normalized spacial score (nSPS) is 12.7. The van der Waals surface area contributed by atoms with E-state index in [9.17, 15) is 4.21 Å². The number of methoxy groups -OCH3 is 1. The summed E-state index contributed by atoms with van der Waals surface area (Å²) in [6.45, 7) is 7.00. The van der Waals surface area contributed by atoms with Crippen LogP contribution in [0, 0.1) is 0 Å². The van der Waals surface area contributed by atoms with Gasteiger partial charge < -0.3 is 15.4 Å². The highest BCUT2D eigenvalue weighted by molar-refractivity contribution is 7.85. The maximum Gasteiger partial charge on any atom is 0.137 e. The lowest BCUT2D eigenvalue weighted by Gasteiger charge is -2.17. The van der Waals surface area contributed by atoms with Gasteiger partial charge in [0.15, 0.2) is 0 Å². The van der Waals surface area contributed by atoms with Gasteiger partial charge in [0.1, 0.15) is 5.75 Å². The molecule has 0 aliphatic heterocycles. The fourth-order valence-electron chi connectivity index (χ4n) is 1.73. The van der Waals surface area contributed by atoms with Crippen LogP contribution in [-0.2, 0) is 10.8 Å². The van der Waals surface area contributed by atoms with Gasteiger partial charge in [0, 0.05) is 24.1 Å². The zero-order valence-corrected chi connectivity index (χ0v) is 12.1. The van der Waals surface area contributed by atoms with E-state index in [1.165, 1.54) is 0 Å². The second-order valence-corrected chi connectivity index (χ2v) is 5.53. The highest BCUT2D eigenvalue weighted by atomic mass is 32.2. The van der Waals surface area contributed by atoms with Crippen LogP contribution >= 0.6 is 0 Å². The first-order chi connectivity index (χ1) is 8.62. The van der Waals surface area contributed by atoms with Crippen molar-refractivity contribution >= 4 is 16.5 Å². The van der Waals surface area contributed by atoms with Crippen LogP contribution in [0.4, 0.5) is 5.69 Å². The summed E-state index contributed by atoms with van der Waals surface area (Å²) >= 11 is 0. The Bertz CT molecular complexity index is 406. The second kappa shape index (κ2) is 7.38. The molecule has 0 aliphatic carbocycles. The third kappa shape index (κ3) is 3.99. The molecule has 2 N–H and O–H groups in total. The molecule has 4 nitrogen and oxygen atoms in total. The van der Waals surface area contributed by atoms with Gasteiger partial charge >= 0.3 is 0 Å². The van der Waals surface area contributed by atoms with Crippen LogP contribution in [-0.4, -0.2) is 41.6 Å². The Hall–Kier alpha value is -1.07. The van der Waals surface area contributed by atoms with Crippen molar-refractivity contribution in [3.8, 4) is 5.75 Å². The predicted molar refractivity (Wildman–Crippen MR) is 76.5 cm³/mol. The van der Waals surface area contributed by atoms with Crippen LogP contribution in [0.25, 0.3) is 0 Å². The van der Waals surface area contributed by atoms with Crippen LogP contribution in [0.3, 0.4) is 0 Å². The van der Waals surface area contributed by atoms with Crippen molar-refractivity contribution in [1.82, 2.24) is 4.90 Å². The van der Waals surface area contributed by atoms with Gasteiger partial charge in [-0.05, 0) is 25.2 Å². The van der Waals surface area contributed by atoms with Crippen molar-refractivity contribution in [2.45, 2.75) is 18.7 Å². The highest BCUT2D eigenvalue weighted by Gasteiger charge is 2.12. The van der Waals surface area contributed by atoms with Gasteiger partial charge in [0.25, 0.3) is 0 Å². The van der Waals surface area contributed by atoms with E-state index in [1.54, 1.807) is 25.3 Å². The molecule has 1 aromatic rings. The molecule has 1 unspecified atom stereocenters. The number of rotatable bonds is 7. The molecular weight excluding hydrogens is 248 g/mol. The average molecular weight is 270 g/mol. The first-order valence-corrected chi connectivity index (χ1v) is 7.48. The molecule has 0 saturated heterocycles. The van der Waals surface area contributed by atoms with E-state index in [0.717, 1.165) is 24.5 Å². The predicted octanol–water partition coefficient (Wildman–Crippen LogP) is 1.73. The van der Waals surface area contributed by atoms with E-state index in [2.05, 4.69) is 18.7 Å². The zero-order chi connectivity index (χ0) is 13.5. The third-order valence-electron chi connectivity index (χ3n) is 2.92. The minimum Gasteiger partial charge on any atom is -0.495 e. The number of nitrogen functional groups attached to an aromatic ring is 1. The number of ether oxygens (including phenoxy) is 1. The maximum atomic E-state index is 12.2. The van der Waals surface area contributed by atoms with Gasteiger partial charge in [-0.15, -0.1) is 0 Å². The Morgan fingerprint density at radius 2 is 2.00 bits per heavy atom. The van der Waals surface area contributed by atoms with Gasteiger partial charge in [-0.2, -0.15) is 0 Å². The molecule has 18 heavy (non-hydrogen) atoms. The fourth-order valence-corrected chi connectivity index (χ4v) is 2.96. The highest BCUT2D eigenvalue weighted by Crippen LogP contribution is 2.24. The number of hydrogen-bond acceptors (Lipinski definition) is 4. The molecule has 0 radical (unpaired) electrons. The maximum absolute atomic E-state index is 12.2. The van der Waals surface area contributed by atoms with Crippen molar-refractivity contribution in [2.75, 3.05) is 38.2 Å². The average Bonchev–Trinajstić information content (AvgIpc) is 2.39. The molecule has 102 valence electrons. The quantitative estimate of drug-likeness (QED) is 0.767. The Kier molecular flexibility index (Phi) is 6.15. The lowest BCUT2D eigenvalue weighted by molar-refractivity contribution is 0.323. The van der Waals surface area contributed by atoms with Gasteiger partial charge in [-0.25, -0.2) is 0 Å². The molecule has 0 heterocycles. The Balaban J connectivity index is 2.72. The summed E-state index contributed by atoms with van der Waals surface area (Å²) in [7, 11) is 0.520. The van der Waals surface area contributed by atoms with Crippen molar-refractivity contribution in [3.05, 3.63) is 18.2 Å². The van der Waals surface area contributed by atoms with Crippen LogP contribution in [0.5, 0.6) is 5.75 Å². The van der Waals surface area contributed by atoms with E-state index in [-0.39, 0.29) is 0 Å². The molecule has 0 spiro atoms. The summed E-state index contributed by atoms with van der Waals surface area (Å²) in [5.74, 6) is 1.22. The van der Waals surface area contributed by atoms with Gasteiger partial charge in [-0.1, -0.05) is 13.8 Å². The molecule has 0 fully saturated rings. The molecule has 1 rings (SSSR count). The molecular formula is C13H22N2O2S. The van der Waals surface area contributed by atoms with E-state index < -0.39 is 10.8 Å². The van der Waals surface area contributed by atoms with Gasteiger partial charge in [0.2, 0.25) is 0 Å². The van der Waals surface area contributed by atoms with Crippen LogP contribution in [0.2, 0.25) is 0 Å². The first kappa shape index (κ1) is 15.0. The van der Waals surface area contributed by atoms with E-state index in [1.807, 2.05) is 0 Å². The number of hydrogen-bond donors (Lipinski definition) is 1. The second-order valence-electron chi connectivity index (χ2n) is 3.99. The largest absolute Gasteiger partial charge is 0.495 e. The SMILES string of the molecule is CCN(CC)CCS(=O)c1ccc(N)cc1OC. The monoisotopic (exact) mass is 270 g/mol. The smallest absolute Gasteiger partial charge is 0.137 e. The molecule has 0 aromatic heterocycles. The number of nitrogens with zero attached hydrogens (tertiary/aromatic N) is 1. The standard InChI is InChI=1S/C13H22N2O2S/c1-4-15(5-2)8-9-18(16)13-7-6-11(14)10-12(13)17-3/h6-7,10H,4-5,8-9,14H2,1-3H3. The first-order valence-electron chi connectivity index (χ1n) is 6.16. The van der Waals surface area contributed by atoms with E-state index in [0.29, 0.717) is 17.2 Å². The summed E-state index contributed by atoms with van der Waals surface area (Å²) in [6, 6.07) is 5.25. The molecule has 0 saturated carbocycles. The van der Waals surface area contributed by atoms with Gasteiger partial charge in [0.05, 0.1) is 22.8 Å². The van der Waals surface area contributed by atoms with Crippen molar-refractivity contribution in [1.29, 1.82) is 0 Å². The molecule has 0 amide bonds. The summed E-state index contributed by atoms with van der Waals surface area (Å²) in [4.78, 5) is 2.97. The van der Waals surface area contributed by atoms with Crippen LogP contribution in [0.15, 0.2) is 23.1 Å².